The van der Waals surface area contributed by atoms with Crippen LogP contribution in [0.15, 0.2) is 42.7 Å². The van der Waals surface area contributed by atoms with Crippen LogP contribution >= 0.6 is 0 Å². The zero-order valence-electron chi connectivity index (χ0n) is 14.9. The molecular weight excluding hydrogens is 344 g/mol. The molecule has 1 aromatic carbocycles. The van der Waals surface area contributed by atoms with Gasteiger partial charge in [0.25, 0.3) is 0 Å². The van der Waals surface area contributed by atoms with Crippen LogP contribution in [-0.4, -0.2) is 59.9 Å². The molecule has 1 aliphatic carbocycles. The maximum atomic E-state index is 12.8. The summed E-state index contributed by atoms with van der Waals surface area (Å²) >= 11 is 0. The Morgan fingerprint density at radius 2 is 1.78 bits per heavy atom. The van der Waals surface area contributed by atoms with E-state index in [9.17, 15) is 9.90 Å². The molecule has 1 saturated carbocycles. The fraction of sp³-hybridized carbons (Fsp3) is 0.474. The van der Waals surface area contributed by atoms with E-state index in [0.717, 1.165) is 24.0 Å². The Morgan fingerprint density at radius 1 is 1.07 bits per heavy atom. The SMILES string of the molecule is O=C(Cn1nc2ccccc2n1)N1C[C@H]2C[C@@H](n3cccn3)[C@H](O)C[C@H]2C1. The third-order valence-corrected chi connectivity index (χ3v) is 5.93. The topological polar surface area (TPSA) is 89.1 Å². The van der Waals surface area contributed by atoms with E-state index in [4.69, 9.17) is 0 Å². The van der Waals surface area contributed by atoms with Crippen LogP contribution in [0.1, 0.15) is 18.9 Å². The maximum absolute atomic E-state index is 12.8. The Kier molecular flexibility index (Phi) is 3.93. The van der Waals surface area contributed by atoms with Gasteiger partial charge in [-0.15, -0.1) is 0 Å². The Morgan fingerprint density at radius 3 is 2.44 bits per heavy atom. The largest absolute Gasteiger partial charge is 0.391 e. The lowest BCUT2D eigenvalue weighted by atomic mass is 9.77. The van der Waals surface area contributed by atoms with Crippen LogP contribution in [0.2, 0.25) is 0 Å². The van der Waals surface area contributed by atoms with Crippen molar-refractivity contribution >= 4 is 16.9 Å². The van der Waals surface area contributed by atoms with Gasteiger partial charge in [0, 0.05) is 25.5 Å². The molecule has 3 heterocycles. The number of fused-ring (bicyclic) bond motifs is 2. The number of aromatic nitrogens is 5. The van der Waals surface area contributed by atoms with Crippen molar-refractivity contribution in [3.63, 3.8) is 0 Å². The van der Waals surface area contributed by atoms with Gasteiger partial charge in [0.15, 0.2) is 0 Å². The number of hydrogen-bond donors (Lipinski definition) is 1. The van der Waals surface area contributed by atoms with Crippen molar-refractivity contribution in [2.75, 3.05) is 13.1 Å². The van der Waals surface area contributed by atoms with Crippen LogP contribution in [-0.2, 0) is 11.3 Å². The minimum Gasteiger partial charge on any atom is -0.391 e. The second-order valence-electron chi connectivity index (χ2n) is 7.63. The minimum atomic E-state index is -0.417. The number of amides is 1. The van der Waals surface area contributed by atoms with Crippen LogP contribution in [0.3, 0.4) is 0 Å². The molecule has 1 saturated heterocycles. The molecule has 8 heteroatoms. The Bertz CT molecular complexity index is 919. The zero-order valence-corrected chi connectivity index (χ0v) is 14.9. The second-order valence-corrected chi connectivity index (χ2v) is 7.63. The highest BCUT2D eigenvalue weighted by atomic mass is 16.3. The van der Waals surface area contributed by atoms with Crippen LogP contribution in [0.4, 0.5) is 0 Å². The van der Waals surface area contributed by atoms with E-state index in [1.54, 1.807) is 6.20 Å². The van der Waals surface area contributed by atoms with Crippen molar-refractivity contribution in [3.05, 3.63) is 42.7 Å². The number of likely N-dealkylation sites (tertiary alicyclic amines) is 1. The van der Waals surface area contributed by atoms with Crippen LogP contribution in [0, 0.1) is 11.8 Å². The molecule has 0 radical (unpaired) electrons. The average Bonchev–Trinajstić information content (AvgIpc) is 3.39. The summed E-state index contributed by atoms with van der Waals surface area (Å²) in [6.45, 7) is 1.58. The molecule has 8 nitrogen and oxygen atoms in total. The molecule has 5 rings (SSSR count). The van der Waals surface area contributed by atoms with Crippen LogP contribution in [0.25, 0.3) is 11.0 Å². The maximum Gasteiger partial charge on any atom is 0.246 e. The first kappa shape index (κ1) is 16.4. The summed E-state index contributed by atoms with van der Waals surface area (Å²) < 4.78 is 1.85. The first-order chi connectivity index (χ1) is 13.2. The summed E-state index contributed by atoms with van der Waals surface area (Å²) in [5.41, 5.74) is 1.59. The van der Waals surface area contributed by atoms with Crippen molar-refractivity contribution in [1.29, 1.82) is 0 Å². The van der Waals surface area contributed by atoms with Gasteiger partial charge in [-0.25, -0.2) is 0 Å². The van der Waals surface area contributed by atoms with E-state index in [1.807, 2.05) is 46.1 Å². The summed E-state index contributed by atoms with van der Waals surface area (Å²) in [4.78, 5) is 16.2. The number of rotatable bonds is 3. The summed E-state index contributed by atoms with van der Waals surface area (Å²) in [7, 11) is 0. The molecular formula is C19H22N6O2. The molecule has 4 atom stereocenters. The van der Waals surface area contributed by atoms with Crippen molar-refractivity contribution < 1.29 is 9.90 Å². The number of aliphatic hydroxyl groups excluding tert-OH is 1. The van der Waals surface area contributed by atoms with E-state index in [0.29, 0.717) is 24.8 Å². The van der Waals surface area contributed by atoms with Crippen molar-refractivity contribution in [1.82, 2.24) is 29.7 Å². The highest BCUT2D eigenvalue weighted by Crippen LogP contribution is 2.41. The van der Waals surface area contributed by atoms with Gasteiger partial charge in [0.2, 0.25) is 5.91 Å². The van der Waals surface area contributed by atoms with Crippen LogP contribution < -0.4 is 0 Å². The summed E-state index contributed by atoms with van der Waals surface area (Å²) in [5.74, 6) is 0.784. The molecule has 2 aliphatic rings. The Balaban J connectivity index is 1.26. The Labute approximate surface area is 156 Å². The van der Waals surface area contributed by atoms with Gasteiger partial charge >= 0.3 is 0 Å². The van der Waals surface area contributed by atoms with Crippen molar-refractivity contribution in [3.8, 4) is 0 Å². The van der Waals surface area contributed by atoms with Crippen LogP contribution in [0.5, 0.6) is 0 Å². The van der Waals surface area contributed by atoms with Gasteiger partial charge in [-0.2, -0.15) is 20.1 Å². The predicted octanol–water partition coefficient (Wildman–Crippen LogP) is 1.10. The molecule has 2 fully saturated rings. The average molecular weight is 366 g/mol. The lowest BCUT2D eigenvalue weighted by Crippen LogP contribution is -2.36. The van der Waals surface area contributed by atoms with Crippen molar-refractivity contribution in [2.45, 2.75) is 31.5 Å². The normalized spacial score (nSPS) is 27.8. The molecule has 0 spiro atoms. The molecule has 1 N–H and O–H groups in total. The summed E-state index contributed by atoms with van der Waals surface area (Å²) in [6.07, 6.45) is 4.79. The monoisotopic (exact) mass is 366 g/mol. The fourth-order valence-corrected chi connectivity index (χ4v) is 4.57. The second kappa shape index (κ2) is 6.45. The van der Waals surface area contributed by atoms with E-state index in [-0.39, 0.29) is 18.5 Å². The van der Waals surface area contributed by atoms with Gasteiger partial charge in [-0.1, -0.05) is 12.1 Å². The van der Waals surface area contributed by atoms with Gasteiger partial charge in [0.1, 0.15) is 17.6 Å². The van der Waals surface area contributed by atoms with Gasteiger partial charge in [0.05, 0.1) is 12.1 Å². The van der Waals surface area contributed by atoms with Gasteiger partial charge < -0.3 is 10.0 Å². The summed E-state index contributed by atoms with van der Waals surface area (Å²) in [6, 6.07) is 9.49. The predicted molar refractivity (Wildman–Crippen MR) is 97.6 cm³/mol. The smallest absolute Gasteiger partial charge is 0.246 e. The molecule has 27 heavy (non-hydrogen) atoms. The number of aliphatic hydroxyl groups is 1. The van der Waals surface area contributed by atoms with E-state index < -0.39 is 6.10 Å². The van der Waals surface area contributed by atoms with E-state index in [1.165, 1.54) is 4.80 Å². The quantitative estimate of drug-likeness (QED) is 0.750. The van der Waals surface area contributed by atoms with Gasteiger partial charge in [-0.05, 0) is 42.9 Å². The molecule has 2 aromatic heterocycles. The number of carbonyl (C=O) groups excluding carboxylic acids is 1. The molecule has 1 aliphatic heterocycles. The molecule has 3 aromatic rings. The minimum absolute atomic E-state index is 0.00520. The van der Waals surface area contributed by atoms with Gasteiger partial charge in [-0.3, -0.25) is 9.48 Å². The zero-order chi connectivity index (χ0) is 18.4. The number of carbonyl (C=O) groups is 1. The summed E-state index contributed by atoms with van der Waals surface area (Å²) in [5, 5.41) is 23.6. The lowest BCUT2D eigenvalue weighted by Gasteiger charge is -2.35. The first-order valence-corrected chi connectivity index (χ1v) is 9.42. The molecule has 0 unspecified atom stereocenters. The fourth-order valence-electron chi connectivity index (χ4n) is 4.57. The molecule has 140 valence electrons. The third-order valence-electron chi connectivity index (χ3n) is 5.93. The number of nitrogens with zero attached hydrogens (tertiary/aromatic N) is 6. The molecule has 0 bridgehead atoms. The standard InChI is InChI=1S/C19H22N6O2/c26-18-9-14-11-23(10-13(14)8-17(18)24-7-3-6-20-24)19(27)12-25-21-15-4-1-2-5-16(15)22-25/h1-7,13-14,17-18,26H,8-12H2/t13-,14+,17-,18-/m1/s1. The highest BCUT2D eigenvalue weighted by Gasteiger charge is 2.43. The molecule has 1 amide bonds. The van der Waals surface area contributed by atoms with E-state index >= 15 is 0 Å². The first-order valence-electron chi connectivity index (χ1n) is 9.42. The highest BCUT2D eigenvalue weighted by molar-refractivity contribution is 5.77. The van der Waals surface area contributed by atoms with E-state index in [2.05, 4.69) is 15.3 Å². The lowest BCUT2D eigenvalue weighted by molar-refractivity contribution is -0.131. The number of benzene rings is 1. The Hall–Kier alpha value is -2.74. The third kappa shape index (κ3) is 2.99. The number of hydrogen-bond acceptors (Lipinski definition) is 5. The van der Waals surface area contributed by atoms with Crippen molar-refractivity contribution in [2.24, 2.45) is 11.8 Å².